The van der Waals surface area contributed by atoms with E-state index in [1.54, 1.807) is 0 Å². The van der Waals surface area contributed by atoms with E-state index in [1.807, 2.05) is 11.9 Å². The molecule has 1 atom stereocenters. The van der Waals surface area contributed by atoms with E-state index in [0.29, 0.717) is 6.54 Å². The Hall–Kier alpha value is -0.480. The van der Waals surface area contributed by atoms with Crippen molar-refractivity contribution < 1.29 is 4.79 Å². The van der Waals surface area contributed by atoms with Gasteiger partial charge in [-0.15, -0.1) is 0 Å². The molecule has 0 saturated carbocycles. The Balaban J connectivity index is 2.49. The largest absolute Gasteiger partial charge is 0.355 e. The van der Waals surface area contributed by atoms with Crippen LogP contribution in [0.15, 0.2) is 0 Å². The second-order valence-corrected chi connectivity index (χ2v) is 3.43. The lowest BCUT2D eigenvalue weighted by Gasteiger charge is -2.22. The van der Waals surface area contributed by atoms with Gasteiger partial charge in [-0.3, -0.25) is 0 Å². The zero-order valence-electron chi connectivity index (χ0n) is 7.25. The van der Waals surface area contributed by atoms with Gasteiger partial charge in [-0.25, -0.2) is 0 Å². The van der Waals surface area contributed by atoms with Crippen LogP contribution in [0.2, 0.25) is 0 Å². The van der Waals surface area contributed by atoms with Crippen molar-refractivity contribution in [3.63, 3.8) is 0 Å². The maximum atomic E-state index is 10.6. The van der Waals surface area contributed by atoms with Gasteiger partial charge in [0.2, 0.25) is 0 Å². The molecule has 1 rings (SSSR count). The average molecular weight is 186 g/mol. The molecule has 1 N–H and O–H groups in total. The summed E-state index contributed by atoms with van der Waals surface area (Å²) >= 11 is 5.16. The highest BCUT2D eigenvalue weighted by molar-refractivity contribution is 7.80. The minimum atomic E-state index is 0.0332. The minimum Gasteiger partial charge on any atom is -0.355 e. The van der Waals surface area contributed by atoms with Gasteiger partial charge in [0.25, 0.3) is 0 Å². The van der Waals surface area contributed by atoms with Gasteiger partial charge in [0.15, 0.2) is 0 Å². The summed E-state index contributed by atoms with van der Waals surface area (Å²) in [5, 5.41) is 2.99. The van der Waals surface area contributed by atoms with Crippen LogP contribution in [0.1, 0.15) is 12.8 Å². The van der Waals surface area contributed by atoms with Crippen LogP contribution in [0.25, 0.3) is 0 Å². The predicted octanol–water partition coefficient (Wildman–Crippen LogP) is 0.196. The standard InChI is InChI=1S/C8H14N2OS/c1-9-5-8(12)10-4-2-3-7(10)6-11/h6-7,9H,2-5H2,1H3. The van der Waals surface area contributed by atoms with Gasteiger partial charge < -0.3 is 15.0 Å². The van der Waals surface area contributed by atoms with Crippen LogP contribution in [0, 0.1) is 0 Å². The molecule has 0 bridgehead atoms. The van der Waals surface area contributed by atoms with Crippen LogP contribution >= 0.6 is 12.2 Å². The summed E-state index contributed by atoms with van der Waals surface area (Å²) in [7, 11) is 1.86. The lowest BCUT2D eigenvalue weighted by atomic mass is 10.2. The van der Waals surface area contributed by atoms with Gasteiger partial charge in [0.1, 0.15) is 6.29 Å². The molecule has 0 aromatic carbocycles. The van der Waals surface area contributed by atoms with Gasteiger partial charge in [0, 0.05) is 13.1 Å². The number of carbonyl (C=O) groups excluding carboxylic acids is 1. The molecule has 0 aromatic heterocycles. The minimum absolute atomic E-state index is 0.0332. The molecule has 0 radical (unpaired) electrons. The maximum absolute atomic E-state index is 10.6. The highest BCUT2D eigenvalue weighted by Crippen LogP contribution is 2.15. The zero-order valence-corrected chi connectivity index (χ0v) is 8.06. The van der Waals surface area contributed by atoms with Crippen LogP contribution in [0.4, 0.5) is 0 Å². The van der Waals surface area contributed by atoms with Crippen LogP contribution < -0.4 is 5.32 Å². The lowest BCUT2D eigenvalue weighted by molar-refractivity contribution is -0.110. The Morgan fingerprint density at radius 1 is 1.83 bits per heavy atom. The fourth-order valence-corrected chi connectivity index (χ4v) is 1.87. The van der Waals surface area contributed by atoms with E-state index in [1.165, 1.54) is 0 Å². The third-order valence-electron chi connectivity index (χ3n) is 2.10. The third kappa shape index (κ3) is 2.01. The quantitative estimate of drug-likeness (QED) is 0.504. The second kappa shape index (κ2) is 4.52. The number of nitrogens with zero attached hydrogens (tertiary/aromatic N) is 1. The Morgan fingerprint density at radius 2 is 2.58 bits per heavy atom. The Bertz CT molecular complexity index is 184. The van der Waals surface area contributed by atoms with E-state index < -0.39 is 0 Å². The Labute approximate surface area is 78.1 Å². The van der Waals surface area contributed by atoms with Gasteiger partial charge in [0.05, 0.1) is 11.0 Å². The molecule has 0 amide bonds. The maximum Gasteiger partial charge on any atom is 0.142 e. The molecule has 1 aliphatic rings. The second-order valence-electron chi connectivity index (χ2n) is 2.96. The number of rotatable bonds is 3. The molecule has 3 nitrogen and oxygen atoms in total. The first-order valence-electron chi connectivity index (χ1n) is 4.19. The topological polar surface area (TPSA) is 32.3 Å². The summed E-state index contributed by atoms with van der Waals surface area (Å²) in [6.07, 6.45) is 3.02. The summed E-state index contributed by atoms with van der Waals surface area (Å²) < 4.78 is 0. The van der Waals surface area contributed by atoms with Crippen molar-refractivity contribution in [3.8, 4) is 0 Å². The molecule has 0 aliphatic carbocycles. The van der Waals surface area contributed by atoms with Crippen molar-refractivity contribution in [1.29, 1.82) is 0 Å². The van der Waals surface area contributed by atoms with Crippen LogP contribution in [0.5, 0.6) is 0 Å². The number of thiocarbonyl (C=S) groups is 1. The van der Waals surface area contributed by atoms with Crippen LogP contribution in [-0.4, -0.2) is 42.4 Å². The molecule has 1 aliphatic heterocycles. The van der Waals surface area contributed by atoms with E-state index in [-0.39, 0.29) is 6.04 Å². The SMILES string of the molecule is CNCC(=S)N1CCCC1C=O. The Kier molecular flexibility index (Phi) is 3.62. The number of nitrogens with one attached hydrogen (secondary N) is 1. The average Bonchev–Trinajstić information content (AvgIpc) is 2.51. The molecule has 68 valence electrons. The molecular weight excluding hydrogens is 172 g/mol. The van der Waals surface area contributed by atoms with E-state index >= 15 is 0 Å². The van der Waals surface area contributed by atoms with Crippen LogP contribution in [-0.2, 0) is 4.79 Å². The number of hydrogen-bond donors (Lipinski definition) is 1. The predicted molar refractivity (Wildman–Crippen MR) is 52.3 cm³/mol. The van der Waals surface area contributed by atoms with E-state index in [4.69, 9.17) is 12.2 Å². The molecule has 0 spiro atoms. The number of hydrogen-bond acceptors (Lipinski definition) is 3. The fourth-order valence-electron chi connectivity index (χ4n) is 1.50. The van der Waals surface area contributed by atoms with Crippen molar-refractivity contribution in [2.24, 2.45) is 0 Å². The van der Waals surface area contributed by atoms with Gasteiger partial charge in [-0.05, 0) is 19.9 Å². The molecule has 1 heterocycles. The van der Waals surface area contributed by atoms with Crippen molar-refractivity contribution in [1.82, 2.24) is 10.2 Å². The number of carbonyl (C=O) groups is 1. The first-order valence-corrected chi connectivity index (χ1v) is 4.59. The molecular formula is C8H14N2OS. The normalized spacial score (nSPS) is 22.8. The van der Waals surface area contributed by atoms with E-state index in [0.717, 1.165) is 30.7 Å². The van der Waals surface area contributed by atoms with Crippen molar-refractivity contribution >= 4 is 23.5 Å². The molecule has 1 unspecified atom stereocenters. The van der Waals surface area contributed by atoms with E-state index in [2.05, 4.69) is 5.32 Å². The van der Waals surface area contributed by atoms with E-state index in [9.17, 15) is 4.79 Å². The highest BCUT2D eigenvalue weighted by Gasteiger charge is 2.24. The Morgan fingerprint density at radius 3 is 3.17 bits per heavy atom. The van der Waals surface area contributed by atoms with Gasteiger partial charge >= 0.3 is 0 Å². The number of likely N-dealkylation sites (tertiary alicyclic amines) is 1. The smallest absolute Gasteiger partial charge is 0.142 e. The first-order chi connectivity index (χ1) is 5.79. The number of aldehydes is 1. The highest BCUT2D eigenvalue weighted by atomic mass is 32.1. The van der Waals surface area contributed by atoms with Crippen molar-refractivity contribution in [2.45, 2.75) is 18.9 Å². The molecule has 1 fully saturated rings. The summed E-state index contributed by atoms with van der Waals surface area (Å²) in [4.78, 5) is 13.5. The summed E-state index contributed by atoms with van der Waals surface area (Å²) in [6.45, 7) is 1.63. The van der Waals surface area contributed by atoms with Crippen molar-refractivity contribution in [3.05, 3.63) is 0 Å². The third-order valence-corrected chi connectivity index (χ3v) is 2.48. The zero-order chi connectivity index (χ0) is 8.97. The van der Waals surface area contributed by atoms with Gasteiger partial charge in [-0.1, -0.05) is 12.2 Å². The van der Waals surface area contributed by atoms with Gasteiger partial charge in [-0.2, -0.15) is 0 Å². The fraction of sp³-hybridized carbons (Fsp3) is 0.750. The summed E-state index contributed by atoms with van der Waals surface area (Å²) in [5.41, 5.74) is 0. The molecule has 0 aromatic rings. The lowest BCUT2D eigenvalue weighted by Crippen LogP contribution is -2.39. The number of likely N-dealkylation sites (N-methyl/N-ethyl adjacent to an activating group) is 1. The monoisotopic (exact) mass is 186 g/mol. The van der Waals surface area contributed by atoms with Crippen LogP contribution in [0.3, 0.4) is 0 Å². The summed E-state index contributed by atoms with van der Waals surface area (Å²) in [6, 6.07) is 0.0332. The molecule has 1 saturated heterocycles. The molecule has 4 heteroatoms. The first kappa shape index (κ1) is 9.61. The van der Waals surface area contributed by atoms with Crippen molar-refractivity contribution in [2.75, 3.05) is 20.1 Å². The summed E-state index contributed by atoms with van der Waals surface area (Å²) in [5.74, 6) is 0. The molecule has 12 heavy (non-hydrogen) atoms.